The zero-order valence-electron chi connectivity index (χ0n) is 7.84. The molecular weight excluding hydrogens is 193 g/mol. The SMILES string of the molecule is COP(=O)(CCCCN=[N+]=[N-])OC. The van der Waals surface area contributed by atoms with Gasteiger partial charge in [-0.1, -0.05) is 5.11 Å². The van der Waals surface area contributed by atoms with Crippen LogP contribution in [0.5, 0.6) is 0 Å². The first-order chi connectivity index (χ1) is 6.18. The van der Waals surface area contributed by atoms with Crippen LogP contribution in [0, 0.1) is 0 Å². The molecule has 0 aliphatic rings. The van der Waals surface area contributed by atoms with E-state index in [0.717, 1.165) is 0 Å². The summed E-state index contributed by atoms with van der Waals surface area (Å²) in [6, 6.07) is 0. The van der Waals surface area contributed by atoms with Gasteiger partial charge in [0, 0.05) is 25.7 Å². The lowest BCUT2D eigenvalue weighted by atomic mass is 10.3. The molecule has 6 nitrogen and oxygen atoms in total. The fourth-order valence-corrected chi connectivity index (χ4v) is 1.91. The Kier molecular flexibility index (Phi) is 6.63. The molecule has 0 amide bonds. The van der Waals surface area contributed by atoms with E-state index in [1.165, 1.54) is 14.2 Å². The first-order valence-electron chi connectivity index (χ1n) is 3.90. The van der Waals surface area contributed by atoms with Crippen molar-refractivity contribution in [3.63, 3.8) is 0 Å². The average Bonchev–Trinajstić information content (AvgIpc) is 2.17. The third kappa shape index (κ3) is 5.66. The van der Waals surface area contributed by atoms with Gasteiger partial charge < -0.3 is 9.05 Å². The summed E-state index contributed by atoms with van der Waals surface area (Å²) in [5.74, 6) is 0. The largest absolute Gasteiger partial charge is 0.330 e. The third-order valence-corrected chi connectivity index (χ3v) is 3.54. The molecule has 0 aliphatic carbocycles. The van der Waals surface area contributed by atoms with Crippen molar-refractivity contribution < 1.29 is 13.6 Å². The molecule has 0 atom stereocenters. The highest BCUT2D eigenvalue weighted by atomic mass is 31.2. The fraction of sp³-hybridized carbons (Fsp3) is 1.00. The van der Waals surface area contributed by atoms with Gasteiger partial charge in [0.1, 0.15) is 0 Å². The molecule has 0 saturated heterocycles. The smallest absolute Gasteiger partial charge is 0.312 e. The number of rotatable bonds is 7. The van der Waals surface area contributed by atoms with Crippen molar-refractivity contribution in [1.82, 2.24) is 0 Å². The summed E-state index contributed by atoms with van der Waals surface area (Å²) in [4.78, 5) is 2.60. The molecule has 0 unspecified atom stereocenters. The van der Waals surface area contributed by atoms with Crippen LogP contribution in [0.4, 0.5) is 0 Å². The Bertz CT molecular complexity index is 219. The lowest BCUT2D eigenvalue weighted by Gasteiger charge is -2.12. The molecule has 0 fully saturated rings. The maximum Gasteiger partial charge on any atom is 0.330 e. The second kappa shape index (κ2) is 6.92. The van der Waals surface area contributed by atoms with Crippen LogP contribution in [0.15, 0.2) is 5.11 Å². The summed E-state index contributed by atoms with van der Waals surface area (Å²) in [5, 5.41) is 3.35. The predicted molar refractivity (Wildman–Crippen MR) is 49.7 cm³/mol. The molecule has 76 valence electrons. The van der Waals surface area contributed by atoms with Crippen molar-refractivity contribution in [3.8, 4) is 0 Å². The molecule has 0 N–H and O–H groups in total. The van der Waals surface area contributed by atoms with E-state index in [2.05, 4.69) is 10.0 Å². The number of hydrogen-bond acceptors (Lipinski definition) is 4. The maximum atomic E-state index is 11.4. The van der Waals surface area contributed by atoms with E-state index in [4.69, 9.17) is 14.6 Å². The second-order valence-corrected chi connectivity index (χ2v) is 4.76. The van der Waals surface area contributed by atoms with Crippen LogP contribution in [-0.2, 0) is 13.6 Å². The van der Waals surface area contributed by atoms with Crippen LogP contribution < -0.4 is 0 Å². The maximum absolute atomic E-state index is 11.4. The summed E-state index contributed by atoms with van der Waals surface area (Å²) in [6.45, 7) is 0.421. The standard InChI is InChI=1S/C6H14N3O3P/c1-11-13(10,12-2)6-4-3-5-8-9-7/h3-6H2,1-2H3. The van der Waals surface area contributed by atoms with Gasteiger partial charge in [-0.05, 0) is 18.4 Å². The highest BCUT2D eigenvalue weighted by Gasteiger charge is 2.19. The van der Waals surface area contributed by atoms with Gasteiger partial charge in [-0.15, -0.1) is 0 Å². The van der Waals surface area contributed by atoms with Crippen molar-refractivity contribution in [2.24, 2.45) is 5.11 Å². The molecule has 0 rings (SSSR count). The van der Waals surface area contributed by atoms with Crippen LogP contribution in [0.3, 0.4) is 0 Å². The first kappa shape index (κ1) is 12.5. The van der Waals surface area contributed by atoms with Crippen LogP contribution in [0.2, 0.25) is 0 Å². The molecule has 7 heteroatoms. The summed E-state index contributed by atoms with van der Waals surface area (Å²) in [7, 11) is -0.147. The van der Waals surface area contributed by atoms with E-state index in [9.17, 15) is 4.57 Å². The summed E-state index contributed by atoms with van der Waals surface area (Å²) in [6.07, 6.45) is 1.72. The minimum absolute atomic E-state index is 0.362. The summed E-state index contributed by atoms with van der Waals surface area (Å²) in [5.41, 5.74) is 7.97. The minimum Gasteiger partial charge on any atom is -0.312 e. The summed E-state index contributed by atoms with van der Waals surface area (Å²) < 4.78 is 20.9. The van der Waals surface area contributed by atoms with Gasteiger partial charge in [-0.2, -0.15) is 0 Å². The Labute approximate surface area is 77.4 Å². The van der Waals surface area contributed by atoms with Gasteiger partial charge in [0.2, 0.25) is 0 Å². The third-order valence-electron chi connectivity index (χ3n) is 1.56. The zero-order chi connectivity index (χ0) is 10.2. The molecule has 13 heavy (non-hydrogen) atoms. The summed E-state index contributed by atoms with van der Waals surface area (Å²) >= 11 is 0. The molecule has 0 bridgehead atoms. The highest BCUT2D eigenvalue weighted by Crippen LogP contribution is 2.46. The monoisotopic (exact) mass is 207 g/mol. The molecule has 0 spiro atoms. The number of nitrogens with zero attached hydrogens (tertiary/aromatic N) is 3. The van der Waals surface area contributed by atoms with Crippen molar-refractivity contribution in [1.29, 1.82) is 0 Å². The Morgan fingerprint density at radius 1 is 1.38 bits per heavy atom. The van der Waals surface area contributed by atoms with Crippen LogP contribution in [0.1, 0.15) is 12.8 Å². The molecule has 0 radical (unpaired) electrons. The second-order valence-electron chi connectivity index (χ2n) is 2.36. The van der Waals surface area contributed by atoms with Crippen LogP contribution in [-0.4, -0.2) is 26.9 Å². The molecular formula is C6H14N3O3P. The lowest BCUT2D eigenvalue weighted by molar-refractivity contribution is 0.275. The van der Waals surface area contributed by atoms with Gasteiger partial charge in [-0.3, -0.25) is 4.57 Å². The van der Waals surface area contributed by atoms with E-state index in [1.54, 1.807) is 0 Å². The molecule has 0 heterocycles. The van der Waals surface area contributed by atoms with Gasteiger partial charge >= 0.3 is 7.60 Å². The molecule has 0 aromatic carbocycles. The van der Waals surface area contributed by atoms with E-state index in [-0.39, 0.29) is 0 Å². The van der Waals surface area contributed by atoms with Gasteiger partial charge in [0.25, 0.3) is 0 Å². The normalized spacial score (nSPS) is 10.9. The Morgan fingerprint density at radius 2 is 2.00 bits per heavy atom. The van der Waals surface area contributed by atoms with Gasteiger partial charge in [0.05, 0.1) is 6.16 Å². The van der Waals surface area contributed by atoms with Crippen LogP contribution >= 0.6 is 7.60 Å². The van der Waals surface area contributed by atoms with Gasteiger partial charge in [0.15, 0.2) is 0 Å². The van der Waals surface area contributed by atoms with E-state index in [1.807, 2.05) is 0 Å². The van der Waals surface area contributed by atoms with Crippen LogP contribution in [0.25, 0.3) is 10.4 Å². The Hall–Kier alpha value is -0.540. The first-order valence-corrected chi connectivity index (χ1v) is 5.62. The van der Waals surface area contributed by atoms with E-state index >= 15 is 0 Å². The quantitative estimate of drug-likeness (QED) is 0.211. The van der Waals surface area contributed by atoms with Crippen molar-refractivity contribution in [3.05, 3.63) is 10.4 Å². The van der Waals surface area contributed by atoms with E-state index in [0.29, 0.717) is 25.5 Å². The lowest BCUT2D eigenvalue weighted by Crippen LogP contribution is -1.95. The highest BCUT2D eigenvalue weighted by molar-refractivity contribution is 7.53. The van der Waals surface area contributed by atoms with Crippen molar-refractivity contribution in [2.75, 3.05) is 26.9 Å². The molecule has 0 aliphatic heterocycles. The fourth-order valence-electron chi connectivity index (χ4n) is 0.790. The Morgan fingerprint density at radius 3 is 2.46 bits per heavy atom. The Balaban J connectivity index is 3.62. The zero-order valence-corrected chi connectivity index (χ0v) is 8.74. The number of azide groups is 1. The number of unbranched alkanes of at least 4 members (excludes halogenated alkanes) is 1. The minimum atomic E-state index is -2.86. The number of hydrogen-bond donors (Lipinski definition) is 0. The molecule has 0 aromatic rings. The molecule has 0 aromatic heterocycles. The van der Waals surface area contributed by atoms with Gasteiger partial charge in [-0.25, -0.2) is 0 Å². The topological polar surface area (TPSA) is 84.3 Å². The van der Waals surface area contributed by atoms with Crippen molar-refractivity contribution >= 4 is 7.60 Å². The van der Waals surface area contributed by atoms with Crippen molar-refractivity contribution in [2.45, 2.75) is 12.8 Å². The molecule has 0 saturated carbocycles. The van der Waals surface area contributed by atoms with E-state index < -0.39 is 7.60 Å². The predicted octanol–water partition coefficient (Wildman–Crippen LogP) is 2.56. The average molecular weight is 207 g/mol.